The summed E-state index contributed by atoms with van der Waals surface area (Å²) in [6.07, 6.45) is 38.1. The summed E-state index contributed by atoms with van der Waals surface area (Å²) in [6.45, 7) is 3.43. The molecule has 50 heavy (non-hydrogen) atoms. The molecule has 0 saturated carbocycles. The molecule has 3 atom stereocenters. The van der Waals surface area contributed by atoms with Gasteiger partial charge in [0.15, 0.2) is 0 Å². The Hall–Kier alpha value is -1.32. The van der Waals surface area contributed by atoms with Gasteiger partial charge in [-0.15, -0.1) is 0 Å². The second-order valence-electron chi connectivity index (χ2n) is 13.3. The summed E-state index contributed by atoms with van der Waals surface area (Å²) in [5, 5.41) is 18.3. The molecule has 294 valence electrons. The average molecular weight is 731 g/mol. The first kappa shape index (κ1) is 48.7. The first-order chi connectivity index (χ1) is 24.3. The lowest BCUT2D eigenvalue weighted by molar-refractivity contribution is -0.154. The van der Waals surface area contributed by atoms with Crippen LogP contribution < -0.4 is 0 Å². The molecule has 0 aromatic heterocycles. The number of carbonyl (C=O) groups excluding carboxylic acids is 1. The van der Waals surface area contributed by atoms with Crippen molar-refractivity contribution in [2.75, 3.05) is 33.0 Å². The second-order valence-corrected chi connectivity index (χ2v) is 14.7. The van der Waals surface area contributed by atoms with Gasteiger partial charge in [0.2, 0.25) is 0 Å². The molecule has 10 heteroatoms. The van der Waals surface area contributed by atoms with Crippen molar-refractivity contribution in [1.82, 2.24) is 0 Å². The lowest BCUT2D eigenvalue weighted by Crippen LogP contribution is -2.29. The number of rotatable bonds is 38. The molecule has 0 heterocycles. The molecule has 0 spiro atoms. The Morgan fingerprint density at radius 3 is 1.66 bits per heavy atom. The fraction of sp³-hybridized carbons (Fsp3) is 0.825. The number of esters is 1. The SMILES string of the molecule is CCCCC/C=C\CCCCCCCC(=O)OC(COCCCCCCCC/C=C\C/C=C\CCCCCC)COP(=O)(O)OCC(O)CO. The summed E-state index contributed by atoms with van der Waals surface area (Å²) in [4.78, 5) is 22.5. The van der Waals surface area contributed by atoms with Gasteiger partial charge in [0.05, 0.1) is 26.4 Å². The van der Waals surface area contributed by atoms with Crippen molar-refractivity contribution >= 4 is 13.8 Å². The predicted molar refractivity (Wildman–Crippen MR) is 205 cm³/mol. The van der Waals surface area contributed by atoms with Crippen LogP contribution in [-0.2, 0) is 27.9 Å². The molecule has 0 bridgehead atoms. The molecule has 0 aliphatic heterocycles. The zero-order chi connectivity index (χ0) is 36.8. The van der Waals surface area contributed by atoms with E-state index in [1.165, 1.54) is 77.0 Å². The van der Waals surface area contributed by atoms with E-state index in [1.54, 1.807) is 0 Å². The molecule has 0 aromatic rings. The summed E-state index contributed by atoms with van der Waals surface area (Å²) < 4.78 is 33.2. The molecule has 9 nitrogen and oxygen atoms in total. The maximum atomic E-state index is 12.5. The number of ether oxygens (including phenoxy) is 2. The minimum absolute atomic E-state index is 0.0390. The summed E-state index contributed by atoms with van der Waals surface area (Å²) >= 11 is 0. The third-order valence-electron chi connectivity index (χ3n) is 8.30. The lowest BCUT2D eigenvalue weighted by Gasteiger charge is -2.20. The summed E-state index contributed by atoms with van der Waals surface area (Å²) in [7, 11) is -4.52. The van der Waals surface area contributed by atoms with E-state index in [4.69, 9.17) is 23.6 Å². The summed E-state index contributed by atoms with van der Waals surface area (Å²) in [5.74, 6) is -0.397. The van der Waals surface area contributed by atoms with Crippen LogP contribution >= 0.6 is 7.82 Å². The minimum atomic E-state index is -4.52. The van der Waals surface area contributed by atoms with E-state index in [-0.39, 0.29) is 19.6 Å². The number of hydrogen-bond donors (Lipinski definition) is 3. The van der Waals surface area contributed by atoms with Crippen molar-refractivity contribution in [2.45, 2.75) is 180 Å². The second kappa shape index (κ2) is 37.4. The lowest BCUT2D eigenvalue weighted by atomic mass is 10.1. The van der Waals surface area contributed by atoms with Gasteiger partial charge in [-0.25, -0.2) is 4.57 Å². The van der Waals surface area contributed by atoms with E-state index in [9.17, 15) is 19.4 Å². The molecular weight excluding hydrogens is 655 g/mol. The quantitative estimate of drug-likeness (QED) is 0.0246. The van der Waals surface area contributed by atoms with Crippen LogP contribution in [0.15, 0.2) is 36.5 Å². The van der Waals surface area contributed by atoms with Gasteiger partial charge < -0.3 is 24.6 Å². The number of allylic oxidation sites excluding steroid dienone is 6. The molecule has 0 rings (SSSR count). The van der Waals surface area contributed by atoms with Crippen molar-refractivity contribution in [3.8, 4) is 0 Å². The molecule has 0 amide bonds. The van der Waals surface area contributed by atoms with Crippen molar-refractivity contribution in [2.24, 2.45) is 0 Å². The monoisotopic (exact) mass is 731 g/mol. The molecule has 0 aliphatic carbocycles. The zero-order valence-corrected chi connectivity index (χ0v) is 32.8. The smallest absolute Gasteiger partial charge is 0.457 e. The Bertz CT molecular complexity index is 877. The summed E-state index contributed by atoms with van der Waals surface area (Å²) in [6, 6.07) is 0. The number of carbonyl (C=O) groups is 1. The zero-order valence-electron chi connectivity index (χ0n) is 31.9. The highest BCUT2D eigenvalue weighted by molar-refractivity contribution is 7.47. The Morgan fingerprint density at radius 2 is 1.08 bits per heavy atom. The van der Waals surface area contributed by atoms with Crippen molar-refractivity contribution in [3.63, 3.8) is 0 Å². The van der Waals surface area contributed by atoms with Crippen molar-refractivity contribution in [3.05, 3.63) is 36.5 Å². The van der Waals surface area contributed by atoms with Gasteiger partial charge in [0, 0.05) is 13.0 Å². The number of hydrogen-bond acceptors (Lipinski definition) is 8. The Labute approximate surface area is 305 Å². The molecule has 3 unspecified atom stereocenters. The highest BCUT2D eigenvalue weighted by atomic mass is 31.2. The van der Waals surface area contributed by atoms with Gasteiger partial charge in [-0.3, -0.25) is 13.8 Å². The van der Waals surface area contributed by atoms with E-state index >= 15 is 0 Å². The van der Waals surface area contributed by atoms with Crippen LogP contribution in [0.1, 0.15) is 168 Å². The average Bonchev–Trinajstić information content (AvgIpc) is 3.10. The highest BCUT2D eigenvalue weighted by Crippen LogP contribution is 2.43. The fourth-order valence-electron chi connectivity index (χ4n) is 5.20. The van der Waals surface area contributed by atoms with Crippen molar-refractivity contribution in [1.29, 1.82) is 0 Å². The molecule has 0 saturated heterocycles. The van der Waals surface area contributed by atoms with Crippen LogP contribution in [-0.4, -0.2) is 66.3 Å². The first-order valence-corrected chi connectivity index (χ1v) is 21.5. The molecule has 0 aliphatic rings. The molecule has 0 radical (unpaired) electrons. The van der Waals surface area contributed by atoms with Crippen LogP contribution in [0.3, 0.4) is 0 Å². The van der Waals surface area contributed by atoms with E-state index in [0.29, 0.717) is 13.0 Å². The standard InChI is InChI=1S/C40H75O9P/c1-3-5-7-9-11-13-15-17-18-19-20-21-23-25-27-29-31-33-46-36-39(37-48-50(44,45)47-35-38(42)34-41)49-40(43)32-30-28-26-24-22-16-14-12-10-8-6-4-2/h12-15,18-19,38-39,41-42H,3-11,16-17,20-37H2,1-2H3,(H,44,45)/b14-12-,15-13-,19-18-. The fourth-order valence-corrected chi connectivity index (χ4v) is 5.99. The van der Waals surface area contributed by atoms with Crippen LogP contribution in [0.5, 0.6) is 0 Å². The van der Waals surface area contributed by atoms with E-state index in [1.807, 2.05) is 0 Å². The number of phosphoric acid groups is 1. The number of unbranched alkanes of at least 4 members (excludes halogenated alkanes) is 18. The highest BCUT2D eigenvalue weighted by Gasteiger charge is 2.26. The van der Waals surface area contributed by atoms with Crippen molar-refractivity contribution < 1.29 is 43.0 Å². The maximum absolute atomic E-state index is 12.5. The largest absolute Gasteiger partial charge is 0.472 e. The normalized spacial score (nSPS) is 14.6. The summed E-state index contributed by atoms with van der Waals surface area (Å²) in [5.41, 5.74) is 0. The third kappa shape index (κ3) is 36.5. The molecule has 3 N–H and O–H groups in total. The van der Waals surface area contributed by atoms with E-state index < -0.39 is 39.2 Å². The Balaban J connectivity index is 4.23. The molecular formula is C40H75O9P. The van der Waals surface area contributed by atoms with Gasteiger partial charge in [-0.05, 0) is 70.6 Å². The van der Waals surface area contributed by atoms with Crippen LogP contribution in [0.2, 0.25) is 0 Å². The van der Waals surface area contributed by atoms with Gasteiger partial charge in [0.25, 0.3) is 0 Å². The minimum Gasteiger partial charge on any atom is -0.457 e. The van der Waals surface area contributed by atoms with Gasteiger partial charge in [-0.1, -0.05) is 127 Å². The first-order valence-electron chi connectivity index (χ1n) is 20.0. The maximum Gasteiger partial charge on any atom is 0.472 e. The molecule has 0 aromatic carbocycles. The van der Waals surface area contributed by atoms with E-state index in [0.717, 1.165) is 64.2 Å². The van der Waals surface area contributed by atoms with Crippen LogP contribution in [0.4, 0.5) is 0 Å². The number of phosphoric ester groups is 1. The number of aliphatic hydroxyl groups is 2. The predicted octanol–water partition coefficient (Wildman–Crippen LogP) is 10.5. The Morgan fingerprint density at radius 1 is 0.620 bits per heavy atom. The Kier molecular flexibility index (Phi) is 36.4. The third-order valence-corrected chi connectivity index (χ3v) is 9.25. The van der Waals surface area contributed by atoms with Crippen LogP contribution in [0, 0.1) is 0 Å². The van der Waals surface area contributed by atoms with Gasteiger partial charge >= 0.3 is 13.8 Å². The molecule has 0 fully saturated rings. The topological polar surface area (TPSA) is 132 Å². The van der Waals surface area contributed by atoms with E-state index in [2.05, 4.69) is 50.3 Å². The van der Waals surface area contributed by atoms with Gasteiger partial charge in [0.1, 0.15) is 12.2 Å². The number of aliphatic hydroxyl groups excluding tert-OH is 2. The van der Waals surface area contributed by atoms with Crippen LogP contribution in [0.25, 0.3) is 0 Å². The van der Waals surface area contributed by atoms with Gasteiger partial charge in [-0.2, -0.15) is 0 Å².